The van der Waals surface area contributed by atoms with Crippen molar-refractivity contribution < 1.29 is 0 Å². The van der Waals surface area contributed by atoms with Crippen LogP contribution in [0.5, 0.6) is 0 Å². The molecular weight excluding hydrogens is 278 g/mol. The third kappa shape index (κ3) is 2.57. The zero-order valence-electron chi connectivity index (χ0n) is 12.1. The molecule has 0 aliphatic carbocycles. The molecular formula is C19H16ClN. The van der Waals surface area contributed by atoms with E-state index in [1.807, 2.05) is 50.2 Å². The molecule has 0 aliphatic rings. The Balaban J connectivity index is 2.29. The number of nitrogens with zero attached hydrogens (tertiary/aromatic N) is 1. The molecule has 0 unspecified atom stereocenters. The van der Waals surface area contributed by atoms with E-state index in [2.05, 4.69) is 24.3 Å². The van der Waals surface area contributed by atoms with Crippen molar-refractivity contribution in [2.75, 3.05) is 0 Å². The molecule has 0 saturated carbocycles. The fraction of sp³-hybridized carbons (Fsp3) is 0.105. The van der Waals surface area contributed by atoms with Crippen molar-refractivity contribution in [3.63, 3.8) is 0 Å². The lowest BCUT2D eigenvalue weighted by Crippen LogP contribution is -1.97. The van der Waals surface area contributed by atoms with Crippen LogP contribution in [-0.2, 0) is 0 Å². The van der Waals surface area contributed by atoms with Crippen LogP contribution < -0.4 is 0 Å². The molecule has 2 heteroatoms. The van der Waals surface area contributed by atoms with Crippen LogP contribution in [0.25, 0.3) is 22.3 Å². The molecule has 21 heavy (non-hydrogen) atoms. The first-order valence-corrected chi connectivity index (χ1v) is 7.34. The summed E-state index contributed by atoms with van der Waals surface area (Å²) in [5.41, 5.74) is 6.16. The van der Waals surface area contributed by atoms with Gasteiger partial charge in [0, 0.05) is 22.5 Å². The topological polar surface area (TPSA) is 12.9 Å². The maximum atomic E-state index is 6.75. The second-order valence-corrected chi connectivity index (χ2v) is 5.46. The molecule has 3 aromatic rings. The fourth-order valence-corrected chi connectivity index (χ4v) is 3.18. The average molecular weight is 294 g/mol. The maximum Gasteiger partial charge on any atom is 0.0599 e. The quantitative estimate of drug-likeness (QED) is 0.592. The summed E-state index contributed by atoms with van der Waals surface area (Å²) in [6, 6.07) is 20.4. The highest BCUT2D eigenvalue weighted by molar-refractivity contribution is 6.36. The second kappa shape index (κ2) is 5.71. The predicted octanol–water partition coefficient (Wildman–Crippen LogP) is 5.69. The fourth-order valence-electron chi connectivity index (χ4n) is 2.69. The highest BCUT2D eigenvalue weighted by Gasteiger charge is 2.16. The normalized spacial score (nSPS) is 10.6. The maximum absolute atomic E-state index is 6.75. The van der Waals surface area contributed by atoms with Gasteiger partial charge in [0.1, 0.15) is 0 Å². The Labute approximate surface area is 130 Å². The number of hydrogen-bond acceptors (Lipinski definition) is 1. The first-order chi connectivity index (χ1) is 10.2. The third-order valence-corrected chi connectivity index (χ3v) is 4.00. The molecule has 0 atom stereocenters. The molecule has 0 radical (unpaired) electrons. The van der Waals surface area contributed by atoms with Crippen LogP contribution in [0, 0.1) is 13.8 Å². The third-order valence-electron chi connectivity index (χ3n) is 3.62. The first kappa shape index (κ1) is 13.8. The number of hydrogen-bond donors (Lipinski definition) is 0. The molecule has 0 bridgehead atoms. The smallest absolute Gasteiger partial charge is 0.0599 e. The van der Waals surface area contributed by atoms with Crippen LogP contribution in [-0.4, -0.2) is 4.98 Å². The number of rotatable bonds is 2. The van der Waals surface area contributed by atoms with E-state index in [0.717, 1.165) is 38.7 Å². The number of pyridine rings is 1. The van der Waals surface area contributed by atoms with Gasteiger partial charge in [-0.05, 0) is 25.0 Å². The van der Waals surface area contributed by atoms with Crippen molar-refractivity contribution in [3.8, 4) is 22.3 Å². The Bertz CT molecular complexity index is 701. The summed E-state index contributed by atoms with van der Waals surface area (Å²) in [5, 5.41) is 0.775. The van der Waals surface area contributed by atoms with E-state index in [9.17, 15) is 0 Å². The van der Waals surface area contributed by atoms with Gasteiger partial charge in [-0.2, -0.15) is 0 Å². The van der Waals surface area contributed by atoms with E-state index < -0.39 is 0 Å². The molecule has 3 rings (SSSR count). The SMILES string of the molecule is Cc1nc(C)c(-c2ccccc2)c(Cl)c1-c1ccccc1. The summed E-state index contributed by atoms with van der Waals surface area (Å²) < 4.78 is 0. The van der Waals surface area contributed by atoms with E-state index in [0.29, 0.717) is 0 Å². The number of halogens is 1. The summed E-state index contributed by atoms with van der Waals surface area (Å²) in [6.07, 6.45) is 0. The molecule has 1 heterocycles. The van der Waals surface area contributed by atoms with Crippen molar-refractivity contribution in [3.05, 3.63) is 77.1 Å². The van der Waals surface area contributed by atoms with Crippen molar-refractivity contribution in [2.45, 2.75) is 13.8 Å². The standard InChI is InChI=1S/C19H16ClN/c1-13-17(15-9-5-3-6-10-15)19(20)18(14(2)21-13)16-11-7-4-8-12-16/h3-12H,1-2H3. The van der Waals surface area contributed by atoms with Crippen molar-refractivity contribution >= 4 is 11.6 Å². The van der Waals surface area contributed by atoms with Crippen molar-refractivity contribution in [1.29, 1.82) is 0 Å². The van der Waals surface area contributed by atoms with Gasteiger partial charge in [-0.1, -0.05) is 72.3 Å². The minimum atomic E-state index is 0.775. The van der Waals surface area contributed by atoms with E-state index in [1.54, 1.807) is 0 Å². The monoisotopic (exact) mass is 293 g/mol. The zero-order valence-corrected chi connectivity index (χ0v) is 12.9. The van der Waals surface area contributed by atoms with Gasteiger partial charge in [-0.3, -0.25) is 4.98 Å². The summed E-state index contributed by atoms with van der Waals surface area (Å²) in [5.74, 6) is 0. The molecule has 0 aliphatic heterocycles. The molecule has 1 aromatic heterocycles. The number of aryl methyl sites for hydroxylation is 2. The largest absolute Gasteiger partial charge is 0.257 e. The van der Waals surface area contributed by atoms with Crippen LogP contribution in [0.15, 0.2) is 60.7 Å². The van der Waals surface area contributed by atoms with Crippen LogP contribution in [0.3, 0.4) is 0 Å². The lowest BCUT2D eigenvalue weighted by molar-refractivity contribution is 1.13. The van der Waals surface area contributed by atoms with Crippen molar-refractivity contribution in [2.24, 2.45) is 0 Å². The minimum Gasteiger partial charge on any atom is -0.257 e. The van der Waals surface area contributed by atoms with Gasteiger partial charge in [0.15, 0.2) is 0 Å². The molecule has 104 valence electrons. The summed E-state index contributed by atoms with van der Waals surface area (Å²) in [4.78, 5) is 4.70. The lowest BCUT2D eigenvalue weighted by Gasteiger charge is -2.15. The van der Waals surface area contributed by atoms with Crippen LogP contribution in [0.4, 0.5) is 0 Å². The highest BCUT2D eigenvalue weighted by Crippen LogP contribution is 2.39. The van der Waals surface area contributed by atoms with Gasteiger partial charge in [0.05, 0.1) is 5.02 Å². The van der Waals surface area contributed by atoms with Gasteiger partial charge in [-0.25, -0.2) is 0 Å². The van der Waals surface area contributed by atoms with Crippen molar-refractivity contribution in [1.82, 2.24) is 4.98 Å². The Morgan fingerprint density at radius 3 is 1.43 bits per heavy atom. The highest BCUT2D eigenvalue weighted by atomic mass is 35.5. The first-order valence-electron chi connectivity index (χ1n) is 6.96. The molecule has 0 saturated heterocycles. The van der Waals surface area contributed by atoms with Crippen LogP contribution in [0.2, 0.25) is 5.02 Å². The number of aromatic nitrogens is 1. The molecule has 0 amide bonds. The van der Waals surface area contributed by atoms with Crippen LogP contribution >= 0.6 is 11.6 Å². The summed E-state index contributed by atoms with van der Waals surface area (Å²) in [6.45, 7) is 4.02. The van der Waals surface area contributed by atoms with Gasteiger partial charge in [0.2, 0.25) is 0 Å². The zero-order chi connectivity index (χ0) is 14.8. The summed E-state index contributed by atoms with van der Waals surface area (Å²) in [7, 11) is 0. The van der Waals surface area contributed by atoms with Gasteiger partial charge < -0.3 is 0 Å². The van der Waals surface area contributed by atoms with Gasteiger partial charge >= 0.3 is 0 Å². The van der Waals surface area contributed by atoms with E-state index in [1.165, 1.54) is 0 Å². The Morgan fingerprint density at radius 1 is 0.667 bits per heavy atom. The van der Waals surface area contributed by atoms with E-state index in [4.69, 9.17) is 16.6 Å². The molecule has 1 nitrogen and oxygen atoms in total. The Morgan fingerprint density at radius 2 is 1.05 bits per heavy atom. The minimum absolute atomic E-state index is 0.775. The van der Waals surface area contributed by atoms with Crippen LogP contribution in [0.1, 0.15) is 11.4 Å². The average Bonchev–Trinajstić information content (AvgIpc) is 2.49. The van der Waals surface area contributed by atoms with E-state index in [-0.39, 0.29) is 0 Å². The van der Waals surface area contributed by atoms with Gasteiger partial charge in [0.25, 0.3) is 0 Å². The molecule has 0 fully saturated rings. The number of benzene rings is 2. The van der Waals surface area contributed by atoms with Gasteiger partial charge in [-0.15, -0.1) is 0 Å². The molecule has 0 N–H and O–H groups in total. The predicted molar refractivity (Wildman–Crippen MR) is 89.6 cm³/mol. The Kier molecular flexibility index (Phi) is 3.76. The lowest BCUT2D eigenvalue weighted by atomic mass is 9.97. The summed E-state index contributed by atoms with van der Waals surface area (Å²) >= 11 is 6.75. The second-order valence-electron chi connectivity index (χ2n) is 5.08. The molecule has 2 aromatic carbocycles. The molecule has 0 spiro atoms. The van der Waals surface area contributed by atoms with E-state index >= 15 is 0 Å². The Hall–Kier alpha value is -2.12.